The van der Waals surface area contributed by atoms with E-state index in [-0.39, 0.29) is 0 Å². The van der Waals surface area contributed by atoms with Crippen molar-refractivity contribution in [2.45, 2.75) is 19.9 Å². The summed E-state index contributed by atoms with van der Waals surface area (Å²) >= 11 is 0. The Labute approximate surface area is 90.3 Å². The Morgan fingerprint density at radius 1 is 1.27 bits per heavy atom. The van der Waals surface area contributed by atoms with Crippen molar-refractivity contribution in [2.24, 2.45) is 0 Å². The number of hydrogen-bond donors (Lipinski definition) is 1. The fourth-order valence-corrected chi connectivity index (χ4v) is 1.64. The predicted octanol–water partition coefficient (Wildman–Crippen LogP) is 2.73. The topological polar surface area (TPSA) is 24.9 Å². The second kappa shape index (κ2) is 4.89. The summed E-state index contributed by atoms with van der Waals surface area (Å²) in [5.74, 6) is 0. The van der Waals surface area contributed by atoms with Crippen LogP contribution in [0, 0.1) is 0 Å². The lowest BCUT2D eigenvalue weighted by Crippen LogP contribution is -2.13. The summed E-state index contributed by atoms with van der Waals surface area (Å²) in [5, 5.41) is 4.61. The van der Waals surface area contributed by atoms with Gasteiger partial charge in [0, 0.05) is 18.1 Å². The van der Waals surface area contributed by atoms with E-state index in [4.69, 9.17) is 0 Å². The number of aromatic nitrogens is 1. The SMILES string of the molecule is CCCNCc1ccc2ncccc2c1. The van der Waals surface area contributed by atoms with Gasteiger partial charge in [0.25, 0.3) is 0 Å². The van der Waals surface area contributed by atoms with Crippen LogP contribution in [0.2, 0.25) is 0 Å². The predicted molar refractivity (Wildman–Crippen MR) is 63.7 cm³/mol. The van der Waals surface area contributed by atoms with Crippen molar-refractivity contribution in [3.63, 3.8) is 0 Å². The van der Waals surface area contributed by atoms with Gasteiger partial charge in [0.1, 0.15) is 0 Å². The molecule has 0 saturated heterocycles. The van der Waals surface area contributed by atoms with E-state index in [0.717, 1.165) is 18.6 Å². The third kappa shape index (κ3) is 2.54. The van der Waals surface area contributed by atoms with Crippen molar-refractivity contribution in [1.82, 2.24) is 10.3 Å². The number of pyridine rings is 1. The molecule has 2 rings (SSSR count). The quantitative estimate of drug-likeness (QED) is 0.768. The molecule has 78 valence electrons. The van der Waals surface area contributed by atoms with E-state index >= 15 is 0 Å². The van der Waals surface area contributed by atoms with Crippen molar-refractivity contribution in [2.75, 3.05) is 6.54 Å². The molecule has 0 aliphatic heterocycles. The fraction of sp³-hybridized carbons (Fsp3) is 0.308. The number of hydrogen-bond acceptors (Lipinski definition) is 2. The number of rotatable bonds is 4. The maximum atomic E-state index is 4.30. The van der Waals surface area contributed by atoms with Crippen molar-refractivity contribution >= 4 is 10.9 Å². The highest BCUT2D eigenvalue weighted by Gasteiger charge is 1.96. The summed E-state index contributed by atoms with van der Waals surface area (Å²) in [4.78, 5) is 4.30. The van der Waals surface area contributed by atoms with Crippen molar-refractivity contribution in [3.8, 4) is 0 Å². The van der Waals surface area contributed by atoms with Crippen LogP contribution < -0.4 is 5.32 Å². The Kier molecular flexibility index (Phi) is 3.30. The second-order valence-corrected chi connectivity index (χ2v) is 3.71. The highest BCUT2D eigenvalue weighted by molar-refractivity contribution is 5.78. The van der Waals surface area contributed by atoms with Crippen molar-refractivity contribution in [3.05, 3.63) is 42.1 Å². The Morgan fingerprint density at radius 2 is 2.20 bits per heavy atom. The zero-order valence-electron chi connectivity index (χ0n) is 9.03. The molecule has 15 heavy (non-hydrogen) atoms. The number of nitrogens with one attached hydrogen (secondary N) is 1. The minimum absolute atomic E-state index is 0.943. The van der Waals surface area contributed by atoms with E-state index in [1.165, 1.54) is 17.4 Å². The zero-order chi connectivity index (χ0) is 10.5. The van der Waals surface area contributed by atoms with Gasteiger partial charge >= 0.3 is 0 Å². The van der Waals surface area contributed by atoms with Crippen LogP contribution in [0.3, 0.4) is 0 Å². The van der Waals surface area contributed by atoms with Crippen LogP contribution in [-0.4, -0.2) is 11.5 Å². The average molecular weight is 200 g/mol. The first-order valence-corrected chi connectivity index (χ1v) is 5.44. The van der Waals surface area contributed by atoms with Gasteiger partial charge < -0.3 is 5.32 Å². The normalized spacial score (nSPS) is 10.7. The van der Waals surface area contributed by atoms with Crippen molar-refractivity contribution < 1.29 is 0 Å². The maximum Gasteiger partial charge on any atom is 0.0702 e. The van der Waals surface area contributed by atoms with E-state index in [0.29, 0.717) is 0 Å². The molecule has 0 radical (unpaired) electrons. The van der Waals surface area contributed by atoms with Gasteiger partial charge in [-0.3, -0.25) is 4.98 Å². The van der Waals surface area contributed by atoms with Gasteiger partial charge in [0.05, 0.1) is 5.52 Å². The summed E-state index contributed by atoms with van der Waals surface area (Å²) < 4.78 is 0. The van der Waals surface area contributed by atoms with Crippen LogP contribution in [0.4, 0.5) is 0 Å². The molecule has 0 fully saturated rings. The average Bonchev–Trinajstić information content (AvgIpc) is 2.29. The summed E-state index contributed by atoms with van der Waals surface area (Å²) in [6.45, 7) is 4.20. The van der Waals surface area contributed by atoms with Gasteiger partial charge in [-0.1, -0.05) is 19.1 Å². The summed E-state index contributed by atoms with van der Waals surface area (Å²) in [6, 6.07) is 10.5. The first-order chi connectivity index (χ1) is 7.40. The Balaban J connectivity index is 2.16. The molecule has 0 aliphatic rings. The molecule has 1 heterocycles. The minimum Gasteiger partial charge on any atom is -0.313 e. The molecule has 2 aromatic rings. The third-order valence-electron chi connectivity index (χ3n) is 2.42. The molecule has 0 atom stereocenters. The molecule has 0 spiro atoms. The summed E-state index contributed by atoms with van der Waals surface area (Å²) in [6.07, 6.45) is 3.01. The second-order valence-electron chi connectivity index (χ2n) is 3.71. The molecular weight excluding hydrogens is 184 g/mol. The minimum atomic E-state index is 0.943. The molecule has 0 unspecified atom stereocenters. The first-order valence-electron chi connectivity index (χ1n) is 5.44. The Morgan fingerprint density at radius 3 is 3.07 bits per heavy atom. The van der Waals surface area contributed by atoms with Crippen LogP contribution >= 0.6 is 0 Å². The van der Waals surface area contributed by atoms with Crippen LogP contribution in [0.15, 0.2) is 36.5 Å². The number of fused-ring (bicyclic) bond motifs is 1. The van der Waals surface area contributed by atoms with E-state index < -0.39 is 0 Å². The standard InChI is InChI=1S/C13H16N2/c1-2-7-14-10-11-5-6-13-12(9-11)4-3-8-15-13/h3-6,8-9,14H,2,7,10H2,1H3. The lowest BCUT2D eigenvalue weighted by molar-refractivity contribution is 0.676. The maximum absolute atomic E-state index is 4.30. The third-order valence-corrected chi connectivity index (χ3v) is 2.42. The highest BCUT2D eigenvalue weighted by Crippen LogP contribution is 2.12. The van der Waals surface area contributed by atoms with Gasteiger partial charge in [-0.2, -0.15) is 0 Å². The van der Waals surface area contributed by atoms with Gasteiger partial charge in [0.15, 0.2) is 0 Å². The number of nitrogens with zero attached hydrogens (tertiary/aromatic N) is 1. The molecule has 2 nitrogen and oxygen atoms in total. The van der Waals surface area contributed by atoms with Gasteiger partial charge in [-0.05, 0) is 36.7 Å². The largest absolute Gasteiger partial charge is 0.313 e. The van der Waals surface area contributed by atoms with Gasteiger partial charge in [-0.15, -0.1) is 0 Å². The smallest absolute Gasteiger partial charge is 0.0702 e. The first kappa shape index (κ1) is 10.1. The molecule has 1 N–H and O–H groups in total. The van der Waals surface area contributed by atoms with E-state index in [1.54, 1.807) is 0 Å². The molecule has 0 bridgehead atoms. The highest BCUT2D eigenvalue weighted by atomic mass is 14.8. The molecular formula is C13H16N2. The van der Waals surface area contributed by atoms with Crippen LogP contribution in [0.5, 0.6) is 0 Å². The number of benzene rings is 1. The molecule has 2 heteroatoms. The zero-order valence-corrected chi connectivity index (χ0v) is 9.03. The van der Waals surface area contributed by atoms with E-state index in [2.05, 4.69) is 41.5 Å². The van der Waals surface area contributed by atoms with Crippen molar-refractivity contribution in [1.29, 1.82) is 0 Å². The lowest BCUT2D eigenvalue weighted by atomic mass is 10.1. The van der Waals surface area contributed by atoms with Crippen LogP contribution in [0.25, 0.3) is 10.9 Å². The lowest BCUT2D eigenvalue weighted by Gasteiger charge is -2.04. The fourth-order valence-electron chi connectivity index (χ4n) is 1.64. The monoisotopic (exact) mass is 200 g/mol. The molecule has 0 saturated carbocycles. The van der Waals surface area contributed by atoms with Gasteiger partial charge in [0.2, 0.25) is 0 Å². The van der Waals surface area contributed by atoms with E-state index in [1.807, 2.05) is 12.3 Å². The molecule has 1 aromatic carbocycles. The summed E-state index contributed by atoms with van der Waals surface area (Å²) in [7, 11) is 0. The Bertz CT molecular complexity index is 437. The van der Waals surface area contributed by atoms with Crippen LogP contribution in [0.1, 0.15) is 18.9 Å². The molecule has 0 amide bonds. The molecule has 0 aliphatic carbocycles. The molecule has 1 aromatic heterocycles. The summed E-state index contributed by atoms with van der Waals surface area (Å²) in [5.41, 5.74) is 2.39. The van der Waals surface area contributed by atoms with Crippen LogP contribution in [-0.2, 0) is 6.54 Å². The van der Waals surface area contributed by atoms with E-state index in [9.17, 15) is 0 Å². The Hall–Kier alpha value is -1.41. The van der Waals surface area contributed by atoms with Gasteiger partial charge in [-0.25, -0.2) is 0 Å².